The summed E-state index contributed by atoms with van der Waals surface area (Å²) >= 11 is 0. The van der Waals surface area contributed by atoms with Crippen LogP contribution < -0.4 is 0 Å². The van der Waals surface area contributed by atoms with Crippen LogP contribution in [0.15, 0.2) is 65.7 Å². The molecule has 2 aromatic carbocycles. The fourth-order valence-corrected chi connectivity index (χ4v) is 2.44. The van der Waals surface area contributed by atoms with E-state index in [1.54, 1.807) is 0 Å². The molecule has 2 atom stereocenters. The molecule has 0 aromatic heterocycles. The lowest BCUT2D eigenvalue weighted by atomic mass is 10.0. The molecule has 4 nitrogen and oxygen atoms in total. The van der Waals surface area contributed by atoms with E-state index in [0.717, 1.165) is 11.1 Å². The van der Waals surface area contributed by atoms with Crippen molar-refractivity contribution in [1.82, 2.24) is 0 Å². The summed E-state index contributed by atoms with van der Waals surface area (Å²) in [5.41, 5.74) is 1.97. The Labute approximate surface area is 129 Å². The van der Waals surface area contributed by atoms with Gasteiger partial charge in [0.25, 0.3) is 0 Å². The smallest absolute Gasteiger partial charge is 0.302 e. The third kappa shape index (κ3) is 3.17. The molecule has 0 unspecified atom stereocenters. The Kier molecular flexibility index (Phi) is 4.19. The first-order valence-corrected chi connectivity index (χ1v) is 7.22. The molecule has 4 heteroatoms. The molecule has 1 heterocycles. The number of ether oxygens (including phenoxy) is 2. The summed E-state index contributed by atoms with van der Waals surface area (Å²) in [7, 11) is 0. The van der Waals surface area contributed by atoms with Crippen LogP contribution >= 0.6 is 0 Å². The number of hydrogen-bond acceptors (Lipinski definition) is 4. The number of benzene rings is 2. The van der Waals surface area contributed by atoms with E-state index in [2.05, 4.69) is 0 Å². The Morgan fingerprint density at radius 2 is 1.73 bits per heavy atom. The summed E-state index contributed by atoms with van der Waals surface area (Å²) in [6.07, 6.45) is -0.304. The highest BCUT2D eigenvalue weighted by atomic mass is 16.6. The topological polar surface area (TPSA) is 47.9 Å². The van der Waals surface area contributed by atoms with Crippen LogP contribution in [0.4, 0.5) is 0 Å². The van der Waals surface area contributed by atoms with Crippen molar-refractivity contribution >= 4 is 11.9 Å². The van der Waals surface area contributed by atoms with E-state index in [9.17, 15) is 4.79 Å². The lowest BCUT2D eigenvalue weighted by molar-refractivity contribution is -0.143. The minimum atomic E-state index is -0.316. The molecule has 0 spiro atoms. The fraction of sp³-hybridized carbons (Fsp3) is 0.222. The van der Waals surface area contributed by atoms with Gasteiger partial charge in [0, 0.05) is 12.5 Å². The molecule has 1 aliphatic rings. The minimum absolute atomic E-state index is 0.171. The monoisotopic (exact) mass is 295 g/mol. The summed E-state index contributed by atoms with van der Waals surface area (Å²) in [6, 6.07) is 19.5. The molecule has 0 aliphatic carbocycles. The molecule has 22 heavy (non-hydrogen) atoms. The lowest BCUT2D eigenvalue weighted by Crippen LogP contribution is -2.24. The van der Waals surface area contributed by atoms with Crippen molar-refractivity contribution in [1.29, 1.82) is 0 Å². The first-order valence-electron chi connectivity index (χ1n) is 7.22. The minimum Gasteiger partial charge on any atom is -0.468 e. The number of rotatable bonds is 4. The van der Waals surface area contributed by atoms with E-state index >= 15 is 0 Å². The molecular formula is C18H17NO3. The van der Waals surface area contributed by atoms with Crippen LogP contribution in [0.1, 0.15) is 24.1 Å². The summed E-state index contributed by atoms with van der Waals surface area (Å²) in [6.45, 7) is 1.58. The molecule has 3 rings (SSSR count). The summed E-state index contributed by atoms with van der Waals surface area (Å²) in [5.74, 6) is 0.273. The van der Waals surface area contributed by atoms with Gasteiger partial charge >= 0.3 is 5.97 Å². The number of aliphatic imine (C=N–C) groups is 1. The Bertz CT molecular complexity index is 667. The largest absolute Gasteiger partial charge is 0.468 e. The van der Waals surface area contributed by atoms with Gasteiger partial charge in [-0.3, -0.25) is 4.79 Å². The van der Waals surface area contributed by atoms with Crippen molar-refractivity contribution in [3.63, 3.8) is 0 Å². The SMILES string of the molecule is CC(=O)OC[C@@H]1OC(c2ccccc2)=N[C@H]1c1ccccc1. The molecular weight excluding hydrogens is 278 g/mol. The van der Waals surface area contributed by atoms with Gasteiger partial charge in [0.15, 0.2) is 6.10 Å². The molecule has 2 aromatic rings. The van der Waals surface area contributed by atoms with Crippen molar-refractivity contribution in [2.45, 2.75) is 19.1 Å². The molecule has 0 fully saturated rings. The molecule has 0 bridgehead atoms. The van der Waals surface area contributed by atoms with Crippen molar-refractivity contribution < 1.29 is 14.3 Å². The Balaban J connectivity index is 1.87. The average Bonchev–Trinajstić information content (AvgIpc) is 2.99. The van der Waals surface area contributed by atoms with E-state index in [4.69, 9.17) is 14.5 Å². The Morgan fingerprint density at radius 1 is 1.09 bits per heavy atom. The number of nitrogens with zero attached hydrogens (tertiary/aromatic N) is 1. The normalized spacial score (nSPS) is 20.1. The third-order valence-electron chi connectivity index (χ3n) is 3.48. The summed E-state index contributed by atoms with van der Waals surface area (Å²) < 4.78 is 11.1. The maximum absolute atomic E-state index is 11.1. The quantitative estimate of drug-likeness (QED) is 0.814. The van der Waals surface area contributed by atoms with Crippen LogP contribution in [0.25, 0.3) is 0 Å². The van der Waals surface area contributed by atoms with Crippen LogP contribution in [0, 0.1) is 0 Å². The highest BCUT2D eigenvalue weighted by Gasteiger charge is 2.33. The maximum Gasteiger partial charge on any atom is 0.302 e. The second-order valence-corrected chi connectivity index (χ2v) is 5.11. The van der Waals surface area contributed by atoms with Crippen molar-refractivity contribution in [2.75, 3.05) is 6.61 Å². The van der Waals surface area contributed by atoms with Crippen LogP contribution in [-0.4, -0.2) is 24.6 Å². The van der Waals surface area contributed by atoms with Gasteiger partial charge in [0.05, 0.1) is 0 Å². The summed E-state index contributed by atoms with van der Waals surface area (Å²) in [5, 5.41) is 0. The standard InChI is InChI=1S/C18H17NO3/c1-13(20)21-12-16-17(14-8-4-2-5-9-14)19-18(22-16)15-10-6-3-7-11-15/h2-11,16-17H,12H2,1H3/t16-,17-/m0/s1. The second-order valence-electron chi connectivity index (χ2n) is 5.11. The fourth-order valence-electron chi connectivity index (χ4n) is 2.44. The van der Waals surface area contributed by atoms with Crippen molar-refractivity contribution in [3.8, 4) is 0 Å². The molecule has 0 amide bonds. The molecule has 0 saturated carbocycles. The van der Waals surface area contributed by atoms with Gasteiger partial charge in [-0.05, 0) is 17.7 Å². The number of carbonyl (C=O) groups excluding carboxylic acids is 1. The van der Waals surface area contributed by atoms with E-state index in [0.29, 0.717) is 5.90 Å². The van der Waals surface area contributed by atoms with Gasteiger partial charge in [-0.15, -0.1) is 0 Å². The van der Waals surface area contributed by atoms with E-state index < -0.39 is 0 Å². The predicted molar refractivity (Wildman–Crippen MR) is 83.7 cm³/mol. The first kappa shape index (κ1) is 14.3. The second kappa shape index (κ2) is 6.43. The van der Waals surface area contributed by atoms with Crippen LogP contribution in [0.5, 0.6) is 0 Å². The zero-order valence-electron chi connectivity index (χ0n) is 12.3. The van der Waals surface area contributed by atoms with Crippen LogP contribution in [-0.2, 0) is 14.3 Å². The molecule has 0 N–H and O–H groups in total. The average molecular weight is 295 g/mol. The van der Waals surface area contributed by atoms with E-state index in [1.165, 1.54) is 6.92 Å². The highest BCUT2D eigenvalue weighted by Crippen LogP contribution is 2.31. The predicted octanol–water partition coefficient (Wildman–Crippen LogP) is 3.14. The zero-order chi connectivity index (χ0) is 15.4. The van der Waals surface area contributed by atoms with Gasteiger partial charge in [-0.2, -0.15) is 0 Å². The highest BCUT2D eigenvalue weighted by molar-refractivity contribution is 5.95. The maximum atomic E-state index is 11.1. The molecule has 0 saturated heterocycles. The molecule has 1 aliphatic heterocycles. The van der Waals surface area contributed by atoms with E-state index in [-0.39, 0.29) is 24.7 Å². The number of esters is 1. The van der Waals surface area contributed by atoms with Gasteiger partial charge in [-0.1, -0.05) is 48.5 Å². The third-order valence-corrected chi connectivity index (χ3v) is 3.48. The Morgan fingerprint density at radius 3 is 2.36 bits per heavy atom. The number of carbonyl (C=O) groups is 1. The van der Waals surface area contributed by atoms with Crippen molar-refractivity contribution in [3.05, 3.63) is 71.8 Å². The molecule has 112 valence electrons. The molecule has 0 radical (unpaired) electrons. The van der Waals surface area contributed by atoms with Crippen molar-refractivity contribution in [2.24, 2.45) is 4.99 Å². The Hall–Kier alpha value is -2.62. The van der Waals surface area contributed by atoms with E-state index in [1.807, 2.05) is 60.7 Å². The van der Waals surface area contributed by atoms with Gasteiger partial charge in [0.1, 0.15) is 12.6 Å². The zero-order valence-corrected chi connectivity index (χ0v) is 12.3. The lowest BCUT2D eigenvalue weighted by Gasteiger charge is -2.17. The van der Waals surface area contributed by atoms with Gasteiger partial charge in [-0.25, -0.2) is 4.99 Å². The van der Waals surface area contributed by atoms with Gasteiger partial charge < -0.3 is 9.47 Å². The number of hydrogen-bond donors (Lipinski definition) is 0. The van der Waals surface area contributed by atoms with Crippen LogP contribution in [0.2, 0.25) is 0 Å². The first-order chi connectivity index (χ1) is 10.7. The summed E-state index contributed by atoms with van der Waals surface area (Å²) in [4.78, 5) is 15.8. The van der Waals surface area contributed by atoms with Crippen LogP contribution in [0.3, 0.4) is 0 Å². The van der Waals surface area contributed by atoms with Gasteiger partial charge in [0.2, 0.25) is 5.90 Å².